The zero-order valence-electron chi connectivity index (χ0n) is 11.5. The Bertz CT molecular complexity index is 515. The standard InChI is InChI=1S/C13H17N3O5/c1-2-11(12(17)18)15-13(19)14-8-7-9-3-5-10(6-4-9)16(20)21/h3-6,11H,2,7-8H2,1H3,(H,17,18)(H2,14,15,19)/t11-/m1/s1. The van der Waals surface area contributed by atoms with Crippen LogP contribution in [0, 0.1) is 10.1 Å². The predicted molar refractivity (Wildman–Crippen MR) is 75.0 cm³/mol. The van der Waals surface area contributed by atoms with Crippen LogP contribution in [-0.2, 0) is 11.2 Å². The highest BCUT2D eigenvalue weighted by Gasteiger charge is 2.16. The van der Waals surface area contributed by atoms with Crippen molar-refractivity contribution in [3.8, 4) is 0 Å². The van der Waals surface area contributed by atoms with Crippen molar-refractivity contribution in [1.29, 1.82) is 0 Å². The van der Waals surface area contributed by atoms with Gasteiger partial charge in [0, 0.05) is 18.7 Å². The molecule has 0 radical (unpaired) electrons. The molecule has 1 atom stereocenters. The quantitative estimate of drug-likeness (QED) is 0.517. The number of carboxylic acid groups (broad SMARTS) is 1. The second kappa shape index (κ2) is 7.83. The van der Waals surface area contributed by atoms with Crippen LogP contribution in [0.4, 0.5) is 10.5 Å². The number of amides is 2. The Labute approximate surface area is 121 Å². The van der Waals surface area contributed by atoms with Gasteiger partial charge in [-0.3, -0.25) is 10.1 Å². The van der Waals surface area contributed by atoms with Crippen molar-refractivity contribution in [2.45, 2.75) is 25.8 Å². The van der Waals surface area contributed by atoms with Crippen LogP contribution in [0.5, 0.6) is 0 Å². The van der Waals surface area contributed by atoms with E-state index in [-0.39, 0.29) is 5.69 Å². The third-order valence-corrected chi connectivity index (χ3v) is 2.86. The lowest BCUT2D eigenvalue weighted by Gasteiger charge is -2.13. The summed E-state index contributed by atoms with van der Waals surface area (Å²) in [5.74, 6) is -1.08. The Balaban J connectivity index is 2.37. The van der Waals surface area contributed by atoms with Crippen molar-refractivity contribution in [2.75, 3.05) is 6.54 Å². The number of carbonyl (C=O) groups is 2. The molecule has 3 N–H and O–H groups in total. The summed E-state index contributed by atoms with van der Waals surface area (Å²) >= 11 is 0. The topological polar surface area (TPSA) is 122 Å². The van der Waals surface area contributed by atoms with E-state index in [4.69, 9.17) is 5.11 Å². The first-order valence-electron chi connectivity index (χ1n) is 6.44. The van der Waals surface area contributed by atoms with Crippen molar-refractivity contribution in [2.24, 2.45) is 0 Å². The second-order valence-corrected chi connectivity index (χ2v) is 4.37. The van der Waals surface area contributed by atoms with Crippen LogP contribution >= 0.6 is 0 Å². The van der Waals surface area contributed by atoms with Gasteiger partial charge in [0.1, 0.15) is 6.04 Å². The van der Waals surface area contributed by atoms with Gasteiger partial charge in [0.05, 0.1) is 4.92 Å². The molecule has 0 saturated heterocycles. The fourth-order valence-corrected chi connectivity index (χ4v) is 1.65. The highest BCUT2D eigenvalue weighted by molar-refractivity contribution is 5.82. The number of nitro groups is 1. The molecule has 114 valence electrons. The number of benzene rings is 1. The number of nitrogens with zero attached hydrogens (tertiary/aromatic N) is 1. The lowest BCUT2D eigenvalue weighted by molar-refractivity contribution is -0.384. The van der Waals surface area contributed by atoms with Crippen LogP contribution in [0.25, 0.3) is 0 Å². The second-order valence-electron chi connectivity index (χ2n) is 4.37. The Morgan fingerprint density at radius 3 is 2.43 bits per heavy atom. The predicted octanol–water partition coefficient (Wildman–Crippen LogP) is 1.30. The van der Waals surface area contributed by atoms with Gasteiger partial charge in [0.25, 0.3) is 5.69 Å². The summed E-state index contributed by atoms with van der Waals surface area (Å²) < 4.78 is 0. The van der Waals surface area contributed by atoms with Gasteiger partial charge in [0.2, 0.25) is 0 Å². The van der Waals surface area contributed by atoms with Crippen LogP contribution < -0.4 is 10.6 Å². The summed E-state index contributed by atoms with van der Waals surface area (Å²) in [6, 6.07) is 4.56. The summed E-state index contributed by atoms with van der Waals surface area (Å²) in [5, 5.41) is 24.2. The first-order valence-corrected chi connectivity index (χ1v) is 6.44. The van der Waals surface area contributed by atoms with Gasteiger partial charge in [-0.05, 0) is 18.4 Å². The molecule has 1 aromatic rings. The minimum atomic E-state index is -1.08. The summed E-state index contributed by atoms with van der Waals surface area (Å²) in [6.45, 7) is 1.97. The molecule has 0 spiro atoms. The van der Waals surface area contributed by atoms with Crippen molar-refractivity contribution in [1.82, 2.24) is 10.6 Å². The van der Waals surface area contributed by atoms with Gasteiger partial charge < -0.3 is 15.7 Å². The molecule has 0 saturated carbocycles. The van der Waals surface area contributed by atoms with E-state index in [9.17, 15) is 19.7 Å². The number of urea groups is 1. The minimum Gasteiger partial charge on any atom is -0.480 e. The Morgan fingerprint density at radius 1 is 1.33 bits per heavy atom. The summed E-state index contributed by atoms with van der Waals surface area (Å²) in [5.41, 5.74) is 0.850. The van der Waals surface area contributed by atoms with E-state index in [1.807, 2.05) is 0 Å². The van der Waals surface area contributed by atoms with Crippen LogP contribution in [-0.4, -0.2) is 34.6 Å². The maximum absolute atomic E-state index is 11.5. The number of nitro benzene ring substituents is 1. The van der Waals surface area contributed by atoms with Crippen LogP contribution in [0.2, 0.25) is 0 Å². The van der Waals surface area contributed by atoms with Crippen LogP contribution in [0.1, 0.15) is 18.9 Å². The average Bonchev–Trinajstić information content (AvgIpc) is 2.45. The summed E-state index contributed by atoms with van der Waals surface area (Å²) in [7, 11) is 0. The van der Waals surface area contributed by atoms with Crippen molar-refractivity contribution < 1.29 is 19.6 Å². The molecule has 0 heterocycles. The summed E-state index contributed by atoms with van der Waals surface area (Å²) in [6.07, 6.45) is 0.792. The molecule has 1 aromatic carbocycles. The fraction of sp³-hybridized carbons (Fsp3) is 0.385. The third kappa shape index (κ3) is 5.47. The molecule has 21 heavy (non-hydrogen) atoms. The van der Waals surface area contributed by atoms with Crippen LogP contribution in [0.15, 0.2) is 24.3 Å². The van der Waals surface area contributed by atoms with E-state index >= 15 is 0 Å². The van der Waals surface area contributed by atoms with Gasteiger partial charge >= 0.3 is 12.0 Å². The highest BCUT2D eigenvalue weighted by atomic mass is 16.6. The zero-order chi connectivity index (χ0) is 15.8. The van der Waals surface area contributed by atoms with E-state index in [1.165, 1.54) is 12.1 Å². The SMILES string of the molecule is CC[C@@H](NC(=O)NCCc1ccc([N+](=O)[O-])cc1)C(=O)O. The molecule has 0 aliphatic rings. The monoisotopic (exact) mass is 295 g/mol. The molecule has 0 unspecified atom stereocenters. The molecule has 8 heteroatoms. The van der Waals surface area contributed by atoms with E-state index in [2.05, 4.69) is 10.6 Å². The molecule has 0 fully saturated rings. The van der Waals surface area contributed by atoms with E-state index in [0.717, 1.165) is 5.56 Å². The number of carbonyl (C=O) groups excluding carboxylic acids is 1. The van der Waals surface area contributed by atoms with Crippen molar-refractivity contribution >= 4 is 17.7 Å². The van der Waals surface area contributed by atoms with E-state index < -0.39 is 23.0 Å². The average molecular weight is 295 g/mol. The maximum atomic E-state index is 11.5. The molecule has 1 rings (SSSR count). The molecule has 0 bridgehead atoms. The lowest BCUT2D eigenvalue weighted by atomic mass is 10.1. The third-order valence-electron chi connectivity index (χ3n) is 2.86. The molecule has 0 aliphatic carbocycles. The first-order chi connectivity index (χ1) is 9.93. The highest BCUT2D eigenvalue weighted by Crippen LogP contribution is 2.11. The summed E-state index contributed by atoms with van der Waals surface area (Å²) in [4.78, 5) is 32.2. The van der Waals surface area contributed by atoms with Gasteiger partial charge in [-0.25, -0.2) is 9.59 Å². The van der Waals surface area contributed by atoms with Gasteiger partial charge in [-0.15, -0.1) is 0 Å². The van der Waals surface area contributed by atoms with Gasteiger partial charge in [-0.2, -0.15) is 0 Å². The number of hydrogen-bond donors (Lipinski definition) is 3. The van der Waals surface area contributed by atoms with E-state index in [0.29, 0.717) is 19.4 Å². The Hall–Kier alpha value is -2.64. The Kier molecular flexibility index (Phi) is 6.12. The van der Waals surface area contributed by atoms with Crippen molar-refractivity contribution in [3.63, 3.8) is 0 Å². The van der Waals surface area contributed by atoms with Crippen LogP contribution in [0.3, 0.4) is 0 Å². The molecule has 0 aromatic heterocycles. The minimum absolute atomic E-state index is 0.0108. The molecular formula is C13H17N3O5. The largest absolute Gasteiger partial charge is 0.480 e. The zero-order valence-corrected chi connectivity index (χ0v) is 11.5. The van der Waals surface area contributed by atoms with E-state index in [1.54, 1.807) is 19.1 Å². The number of hydrogen-bond acceptors (Lipinski definition) is 4. The number of aliphatic carboxylic acids is 1. The molecule has 0 aliphatic heterocycles. The number of carboxylic acids is 1. The maximum Gasteiger partial charge on any atom is 0.326 e. The lowest BCUT2D eigenvalue weighted by Crippen LogP contribution is -2.46. The smallest absolute Gasteiger partial charge is 0.326 e. The molecular weight excluding hydrogens is 278 g/mol. The fourth-order valence-electron chi connectivity index (χ4n) is 1.65. The molecule has 8 nitrogen and oxygen atoms in total. The van der Waals surface area contributed by atoms with Crippen molar-refractivity contribution in [3.05, 3.63) is 39.9 Å². The first kappa shape index (κ1) is 16.4. The molecule has 2 amide bonds. The van der Waals surface area contributed by atoms with Gasteiger partial charge in [-0.1, -0.05) is 19.1 Å². The number of non-ortho nitro benzene ring substituents is 1. The number of nitrogens with one attached hydrogen (secondary N) is 2. The normalized spacial score (nSPS) is 11.5. The van der Waals surface area contributed by atoms with Gasteiger partial charge in [0.15, 0.2) is 0 Å². The Morgan fingerprint density at radius 2 is 1.95 bits per heavy atom. The number of rotatable bonds is 7.